The number of ether oxygens (including phenoxy) is 1. The van der Waals surface area contributed by atoms with Crippen molar-refractivity contribution in [2.45, 2.75) is 5.92 Å². The van der Waals surface area contributed by atoms with Crippen LogP contribution in [0.1, 0.15) is 22.3 Å². The van der Waals surface area contributed by atoms with E-state index in [4.69, 9.17) is 9.26 Å². The number of para-hydroxylation sites is 1. The van der Waals surface area contributed by atoms with Gasteiger partial charge in [0, 0.05) is 43.7 Å². The summed E-state index contributed by atoms with van der Waals surface area (Å²) in [5.41, 5.74) is 2.85. The summed E-state index contributed by atoms with van der Waals surface area (Å²) in [6, 6.07) is 13.1. The first-order valence-electron chi connectivity index (χ1n) is 9.84. The molecule has 1 aromatic carbocycles. The van der Waals surface area contributed by atoms with E-state index in [1.165, 1.54) is 0 Å². The van der Waals surface area contributed by atoms with Crippen molar-refractivity contribution in [3.8, 4) is 28.4 Å². The Kier molecular flexibility index (Phi) is 4.70. The molecule has 9 nitrogen and oxygen atoms in total. The van der Waals surface area contributed by atoms with Crippen LogP contribution in [0.25, 0.3) is 22.6 Å². The van der Waals surface area contributed by atoms with Gasteiger partial charge in [-0.25, -0.2) is 0 Å². The van der Waals surface area contributed by atoms with Crippen LogP contribution in [0, 0.1) is 0 Å². The first kappa shape index (κ1) is 19.0. The second kappa shape index (κ2) is 7.67. The minimum atomic E-state index is -0.0839. The predicted molar refractivity (Wildman–Crippen MR) is 111 cm³/mol. The standard InChI is InChI=1S/C22H20N6O3/c1-27-18(10-17(25-27)16-7-3-4-8-19(16)30-2)22(29)28-12-15(13-28)21-24-20(26-31-21)14-6-5-9-23-11-14/h3-11,15H,12-13H2,1-2H3. The molecule has 4 heterocycles. The summed E-state index contributed by atoms with van der Waals surface area (Å²) in [6.45, 7) is 1.03. The molecular weight excluding hydrogens is 396 g/mol. The van der Waals surface area contributed by atoms with Crippen molar-refractivity contribution in [2.75, 3.05) is 20.2 Å². The maximum atomic E-state index is 13.0. The summed E-state index contributed by atoms with van der Waals surface area (Å²) in [5.74, 6) is 1.68. The highest BCUT2D eigenvalue weighted by Gasteiger charge is 2.37. The molecule has 1 aliphatic heterocycles. The molecule has 9 heteroatoms. The van der Waals surface area contributed by atoms with Crippen LogP contribution in [0.4, 0.5) is 0 Å². The van der Waals surface area contributed by atoms with Crippen LogP contribution in [0.15, 0.2) is 59.4 Å². The lowest BCUT2D eigenvalue weighted by Gasteiger charge is -2.36. The van der Waals surface area contributed by atoms with E-state index in [0.29, 0.717) is 41.9 Å². The molecule has 1 amide bonds. The molecular formula is C22H20N6O3. The topological polar surface area (TPSA) is 99.2 Å². The van der Waals surface area contributed by atoms with Crippen LogP contribution in [0.5, 0.6) is 5.75 Å². The van der Waals surface area contributed by atoms with Crippen molar-refractivity contribution in [1.29, 1.82) is 0 Å². The third-order valence-electron chi connectivity index (χ3n) is 5.36. The average molecular weight is 416 g/mol. The number of rotatable bonds is 5. The van der Waals surface area contributed by atoms with E-state index in [1.807, 2.05) is 36.4 Å². The van der Waals surface area contributed by atoms with E-state index >= 15 is 0 Å². The number of hydrogen-bond acceptors (Lipinski definition) is 7. The van der Waals surface area contributed by atoms with Crippen LogP contribution in [0.2, 0.25) is 0 Å². The van der Waals surface area contributed by atoms with Crippen molar-refractivity contribution in [3.63, 3.8) is 0 Å². The Morgan fingerprint density at radius 1 is 1.19 bits per heavy atom. The van der Waals surface area contributed by atoms with E-state index < -0.39 is 0 Å². The van der Waals surface area contributed by atoms with E-state index in [-0.39, 0.29) is 11.8 Å². The molecule has 31 heavy (non-hydrogen) atoms. The summed E-state index contributed by atoms with van der Waals surface area (Å²) >= 11 is 0. The first-order valence-corrected chi connectivity index (χ1v) is 9.84. The van der Waals surface area contributed by atoms with Crippen molar-refractivity contribution in [3.05, 3.63) is 66.4 Å². The summed E-state index contributed by atoms with van der Waals surface area (Å²) in [6.07, 6.45) is 3.38. The number of methoxy groups -OCH3 is 1. The van der Waals surface area contributed by atoms with Gasteiger partial charge in [0.25, 0.3) is 5.91 Å². The SMILES string of the molecule is COc1ccccc1-c1cc(C(=O)N2CC(c3nc(-c4cccnc4)no3)C2)n(C)n1. The van der Waals surface area contributed by atoms with Crippen LogP contribution in [-0.4, -0.2) is 55.9 Å². The summed E-state index contributed by atoms with van der Waals surface area (Å²) in [5, 5.41) is 8.54. The minimum Gasteiger partial charge on any atom is -0.496 e. The lowest BCUT2D eigenvalue weighted by molar-refractivity contribution is 0.0558. The normalized spacial score (nSPS) is 13.8. The number of likely N-dealkylation sites (tertiary alicyclic amines) is 1. The van der Waals surface area contributed by atoms with Gasteiger partial charge in [-0.05, 0) is 30.3 Å². The Hall–Kier alpha value is -4.01. The molecule has 0 radical (unpaired) electrons. The van der Waals surface area contributed by atoms with Gasteiger partial charge >= 0.3 is 0 Å². The smallest absolute Gasteiger partial charge is 0.272 e. The highest BCUT2D eigenvalue weighted by atomic mass is 16.5. The fraction of sp³-hybridized carbons (Fsp3) is 0.227. The van der Waals surface area contributed by atoms with Gasteiger partial charge in [-0.15, -0.1) is 0 Å². The third-order valence-corrected chi connectivity index (χ3v) is 5.36. The minimum absolute atomic E-state index is 0.0174. The van der Waals surface area contributed by atoms with Gasteiger partial charge in [0.15, 0.2) is 0 Å². The van der Waals surface area contributed by atoms with Crippen molar-refractivity contribution in [1.82, 2.24) is 29.8 Å². The molecule has 0 unspecified atom stereocenters. The maximum Gasteiger partial charge on any atom is 0.272 e. The number of hydrogen-bond donors (Lipinski definition) is 0. The van der Waals surface area contributed by atoms with Crippen molar-refractivity contribution in [2.24, 2.45) is 7.05 Å². The van der Waals surface area contributed by atoms with Crippen molar-refractivity contribution < 1.29 is 14.1 Å². The van der Waals surface area contributed by atoms with Crippen LogP contribution >= 0.6 is 0 Å². The number of aromatic nitrogens is 5. The molecule has 0 saturated carbocycles. The van der Waals surface area contributed by atoms with Crippen LogP contribution < -0.4 is 4.74 Å². The highest BCUT2D eigenvalue weighted by molar-refractivity contribution is 5.94. The molecule has 0 bridgehead atoms. The zero-order chi connectivity index (χ0) is 21.4. The van der Waals surface area contributed by atoms with E-state index in [1.54, 1.807) is 42.2 Å². The quantitative estimate of drug-likeness (QED) is 0.493. The molecule has 0 aliphatic carbocycles. The fourth-order valence-electron chi connectivity index (χ4n) is 3.63. The summed E-state index contributed by atoms with van der Waals surface area (Å²) in [4.78, 5) is 23.3. The van der Waals surface area contributed by atoms with Gasteiger partial charge in [0.05, 0.1) is 18.7 Å². The molecule has 1 fully saturated rings. The molecule has 0 spiro atoms. The Labute approximate surface area is 178 Å². The zero-order valence-corrected chi connectivity index (χ0v) is 17.1. The summed E-state index contributed by atoms with van der Waals surface area (Å²) < 4.78 is 12.4. The van der Waals surface area contributed by atoms with E-state index in [9.17, 15) is 4.79 Å². The van der Waals surface area contributed by atoms with Crippen LogP contribution in [0.3, 0.4) is 0 Å². The molecule has 1 saturated heterocycles. The molecule has 0 atom stereocenters. The molecule has 156 valence electrons. The Morgan fingerprint density at radius 2 is 2.03 bits per heavy atom. The average Bonchev–Trinajstić information content (AvgIpc) is 3.40. The Balaban J connectivity index is 1.29. The number of carbonyl (C=O) groups excluding carboxylic acids is 1. The number of carbonyl (C=O) groups is 1. The van der Waals surface area contributed by atoms with E-state index in [2.05, 4.69) is 20.2 Å². The second-order valence-electron chi connectivity index (χ2n) is 7.34. The lowest BCUT2D eigenvalue weighted by Crippen LogP contribution is -2.49. The lowest BCUT2D eigenvalue weighted by atomic mass is 9.99. The monoisotopic (exact) mass is 416 g/mol. The fourth-order valence-corrected chi connectivity index (χ4v) is 3.63. The Morgan fingerprint density at radius 3 is 2.81 bits per heavy atom. The van der Waals surface area contributed by atoms with Gasteiger partial charge in [-0.1, -0.05) is 17.3 Å². The number of aryl methyl sites for hydroxylation is 1. The van der Waals surface area contributed by atoms with Gasteiger partial charge < -0.3 is 14.2 Å². The predicted octanol–water partition coefficient (Wildman–Crippen LogP) is 2.78. The van der Waals surface area contributed by atoms with E-state index in [0.717, 1.165) is 11.1 Å². The van der Waals surface area contributed by atoms with Gasteiger partial charge in [0.1, 0.15) is 11.4 Å². The van der Waals surface area contributed by atoms with Gasteiger partial charge in [0.2, 0.25) is 11.7 Å². The molecule has 4 aromatic rings. The second-order valence-corrected chi connectivity index (χ2v) is 7.34. The first-order chi connectivity index (χ1) is 15.1. The number of amides is 1. The third kappa shape index (κ3) is 3.43. The molecule has 0 N–H and O–H groups in total. The van der Waals surface area contributed by atoms with Gasteiger partial charge in [-0.3, -0.25) is 14.5 Å². The van der Waals surface area contributed by atoms with Crippen LogP contribution in [-0.2, 0) is 7.05 Å². The van der Waals surface area contributed by atoms with Crippen molar-refractivity contribution >= 4 is 5.91 Å². The highest BCUT2D eigenvalue weighted by Crippen LogP contribution is 2.31. The molecule has 5 rings (SSSR count). The zero-order valence-electron chi connectivity index (χ0n) is 17.1. The van der Waals surface area contributed by atoms with Gasteiger partial charge in [-0.2, -0.15) is 10.1 Å². The number of pyridine rings is 1. The maximum absolute atomic E-state index is 13.0. The number of nitrogens with zero attached hydrogens (tertiary/aromatic N) is 6. The largest absolute Gasteiger partial charge is 0.496 e. The molecule has 3 aromatic heterocycles. The number of benzene rings is 1. The molecule has 1 aliphatic rings. The Bertz CT molecular complexity index is 1230. The summed E-state index contributed by atoms with van der Waals surface area (Å²) in [7, 11) is 3.38.